The molecule has 0 unspecified atom stereocenters. The molecule has 6 nitrogen and oxygen atoms in total. The molecule has 9 heteroatoms. The van der Waals surface area contributed by atoms with Crippen molar-refractivity contribution in [2.75, 3.05) is 20.7 Å². The normalized spacial score (nSPS) is 16.0. The fourth-order valence-corrected chi connectivity index (χ4v) is 4.67. The van der Waals surface area contributed by atoms with Crippen LogP contribution in [0.2, 0.25) is 5.02 Å². The number of aromatic nitrogens is 3. The summed E-state index contributed by atoms with van der Waals surface area (Å²) in [5.74, 6) is 0.0333. The van der Waals surface area contributed by atoms with Gasteiger partial charge in [-0.15, -0.1) is 17.0 Å². The van der Waals surface area contributed by atoms with Crippen molar-refractivity contribution in [2.45, 2.75) is 25.9 Å². The first-order valence-corrected chi connectivity index (χ1v) is 11.6. The van der Waals surface area contributed by atoms with Crippen molar-refractivity contribution in [3.63, 3.8) is 0 Å². The van der Waals surface area contributed by atoms with Crippen LogP contribution in [0.5, 0.6) is 5.75 Å². The van der Waals surface area contributed by atoms with Gasteiger partial charge in [-0.2, -0.15) is 9.49 Å². The van der Waals surface area contributed by atoms with E-state index in [1.54, 1.807) is 6.07 Å². The molecular formula is C26H27BrClFN4O2. The number of rotatable bonds is 6. The van der Waals surface area contributed by atoms with Gasteiger partial charge in [-0.25, -0.2) is 0 Å². The van der Waals surface area contributed by atoms with Crippen molar-refractivity contribution in [3.05, 3.63) is 70.9 Å². The van der Waals surface area contributed by atoms with Crippen LogP contribution < -0.4 is 4.74 Å². The van der Waals surface area contributed by atoms with E-state index in [4.69, 9.17) is 16.3 Å². The van der Waals surface area contributed by atoms with Gasteiger partial charge in [-0.1, -0.05) is 23.7 Å². The van der Waals surface area contributed by atoms with Crippen LogP contribution in [0.3, 0.4) is 0 Å². The van der Waals surface area contributed by atoms with Crippen LogP contribution in [-0.2, 0) is 13.0 Å². The number of nitrogens with one attached hydrogen (secondary N) is 1. The molecule has 0 fully saturated rings. The standard InChI is InChI=1S/C26H26ClFN4O2.BrH/c1-15(31(2)3)12-32-13-22(20-6-4-16(10-23(20)32)21-11-29-30-26(21)28)25(33)18-8-17-9-19(27)5-7-24(17)34-14-18;/h4-7,9-11,13,15,18H,8,12,14H2,1-3H3,(H,29,30);1H/t15-,18+;/m1./s1. The Labute approximate surface area is 218 Å². The summed E-state index contributed by atoms with van der Waals surface area (Å²) < 4.78 is 22.1. The van der Waals surface area contributed by atoms with E-state index in [-0.39, 0.29) is 34.7 Å². The Hall–Kier alpha value is -2.68. The van der Waals surface area contributed by atoms with Crippen molar-refractivity contribution in [1.82, 2.24) is 19.7 Å². The average molecular weight is 562 g/mol. The van der Waals surface area contributed by atoms with E-state index in [1.165, 1.54) is 6.20 Å². The summed E-state index contributed by atoms with van der Waals surface area (Å²) in [6.07, 6.45) is 3.98. The van der Waals surface area contributed by atoms with E-state index in [0.29, 0.717) is 41.3 Å². The highest BCUT2D eigenvalue weighted by Gasteiger charge is 2.29. The molecule has 184 valence electrons. The van der Waals surface area contributed by atoms with Crippen LogP contribution >= 0.6 is 28.6 Å². The van der Waals surface area contributed by atoms with Gasteiger partial charge in [0.05, 0.1) is 24.3 Å². The van der Waals surface area contributed by atoms with E-state index in [9.17, 15) is 9.18 Å². The molecule has 1 aliphatic rings. The first-order chi connectivity index (χ1) is 16.3. The number of aromatic amines is 1. The van der Waals surface area contributed by atoms with Gasteiger partial charge in [0.2, 0.25) is 5.95 Å². The van der Waals surface area contributed by atoms with Gasteiger partial charge in [-0.3, -0.25) is 9.89 Å². The lowest BCUT2D eigenvalue weighted by Gasteiger charge is -2.24. The van der Waals surface area contributed by atoms with Gasteiger partial charge in [0.25, 0.3) is 0 Å². The first-order valence-electron chi connectivity index (χ1n) is 11.3. The highest BCUT2D eigenvalue weighted by Crippen LogP contribution is 2.34. The predicted octanol–water partition coefficient (Wildman–Crippen LogP) is 5.79. The molecule has 0 spiro atoms. The number of hydrogen-bond acceptors (Lipinski definition) is 4. The lowest BCUT2D eigenvalue weighted by atomic mass is 9.89. The minimum Gasteiger partial charge on any atom is -0.493 e. The molecule has 35 heavy (non-hydrogen) atoms. The van der Waals surface area contributed by atoms with Crippen molar-refractivity contribution in [3.8, 4) is 16.9 Å². The minimum absolute atomic E-state index is 0. The third-order valence-corrected chi connectivity index (χ3v) is 6.93. The average Bonchev–Trinajstić information content (AvgIpc) is 3.41. The molecular weight excluding hydrogens is 535 g/mol. The van der Waals surface area contributed by atoms with Crippen LogP contribution in [0, 0.1) is 11.9 Å². The van der Waals surface area contributed by atoms with Gasteiger partial charge >= 0.3 is 0 Å². The molecule has 2 atom stereocenters. The Kier molecular flexibility index (Phi) is 7.35. The molecule has 0 amide bonds. The molecule has 5 rings (SSSR count). The first kappa shape index (κ1) is 25.4. The van der Waals surface area contributed by atoms with Crippen LogP contribution in [0.15, 0.2) is 48.8 Å². The number of ether oxygens (including phenoxy) is 1. The number of carbonyl (C=O) groups excluding carboxylic acids is 1. The maximum atomic E-state index is 14.2. The molecule has 0 bridgehead atoms. The van der Waals surface area contributed by atoms with Gasteiger partial charge in [0.15, 0.2) is 5.78 Å². The number of likely N-dealkylation sites (N-methyl/N-ethyl adjacent to an activating group) is 1. The summed E-state index contributed by atoms with van der Waals surface area (Å²) >= 11 is 6.16. The number of benzene rings is 2. The topological polar surface area (TPSA) is 63.2 Å². The van der Waals surface area contributed by atoms with Crippen molar-refractivity contribution in [1.29, 1.82) is 0 Å². The maximum Gasteiger partial charge on any atom is 0.216 e. The van der Waals surface area contributed by atoms with E-state index in [1.807, 2.05) is 50.6 Å². The fourth-order valence-electron chi connectivity index (χ4n) is 4.48. The molecule has 1 aliphatic heterocycles. The Morgan fingerprint density at radius 3 is 2.83 bits per heavy atom. The molecule has 3 heterocycles. The highest BCUT2D eigenvalue weighted by atomic mass is 79.9. The molecule has 2 aromatic carbocycles. The SMILES string of the molecule is Br.C[C@H](Cn1cc(C(=O)[C@@H]2COc3ccc(Cl)cc3C2)c2ccc(-c3cn[nH]c3F)cc21)N(C)C. The number of fused-ring (bicyclic) bond motifs is 2. The Morgan fingerprint density at radius 2 is 2.11 bits per heavy atom. The summed E-state index contributed by atoms with van der Waals surface area (Å²) in [5, 5.41) is 7.62. The Morgan fingerprint density at radius 1 is 1.31 bits per heavy atom. The fraction of sp³-hybridized carbons (Fsp3) is 0.308. The molecule has 4 aromatic rings. The summed E-state index contributed by atoms with van der Waals surface area (Å²) in [6.45, 7) is 3.14. The van der Waals surface area contributed by atoms with Crippen LogP contribution in [0.25, 0.3) is 22.0 Å². The van der Waals surface area contributed by atoms with Crippen LogP contribution in [0.4, 0.5) is 4.39 Å². The predicted molar refractivity (Wildman–Crippen MR) is 141 cm³/mol. The molecule has 2 aromatic heterocycles. The van der Waals surface area contributed by atoms with E-state index >= 15 is 0 Å². The lowest BCUT2D eigenvalue weighted by Crippen LogP contribution is -2.29. The molecule has 1 N–H and O–H groups in total. The van der Waals surface area contributed by atoms with Gasteiger partial charge < -0.3 is 14.2 Å². The third kappa shape index (κ3) is 4.87. The molecule has 0 saturated carbocycles. The minimum atomic E-state index is -0.480. The second-order valence-electron chi connectivity index (χ2n) is 9.17. The number of nitrogens with zero attached hydrogens (tertiary/aromatic N) is 3. The summed E-state index contributed by atoms with van der Waals surface area (Å²) in [6, 6.07) is 11.4. The molecule has 0 radical (unpaired) electrons. The molecule has 0 saturated heterocycles. The second kappa shape index (κ2) is 10.1. The number of carbonyl (C=O) groups is 1. The number of hydrogen-bond donors (Lipinski definition) is 1. The summed E-state index contributed by atoms with van der Waals surface area (Å²) in [7, 11) is 4.05. The van der Waals surface area contributed by atoms with Crippen molar-refractivity contribution >= 4 is 45.3 Å². The smallest absolute Gasteiger partial charge is 0.216 e. The number of Topliss-reactive ketones (excluding diaryl/α,β-unsaturated/α-hetero) is 1. The largest absolute Gasteiger partial charge is 0.493 e. The van der Waals surface area contributed by atoms with Crippen LogP contribution in [-0.4, -0.2) is 52.2 Å². The Balaban J connectivity index is 0.00000289. The molecule has 0 aliphatic carbocycles. The van der Waals surface area contributed by atoms with Crippen LogP contribution in [0.1, 0.15) is 22.8 Å². The number of ketones is 1. The number of H-pyrrole nitrogens is 1. The maximum absolute atomic E-state index is 14.2. The summed E-state index contributed by atoms with van der Waals surface area (Å²) in [4.78, 5) is 15.8. The zero-order valence-electron chi connectivity index (χ0n) is 19.7. The summed E-state index contributed by atoms with van der Waals surface area (Å²) in [5.41, 5.74) is 3.59. The van der Waals surface area contributed by atoms with E-state index < -0.39 is 5.95 Å². The van der Waals surface area contributed by atoms with Gasteiger partial charge in [0.1, 0.15) is 5.75 Å². The lowest BCUT2D eigenvalue weighted by molar-refractivity contribution is 0.0856. The monoisotopic (exact) mass is 560 g/mol. The zero-order chi connectivity index (χ0) is 24.0. The van der Waals surface area contributed by atoms with Gasteiger partial charge in [0, 0.05) is 40.3 Å². The Bertz CT molecular complexity index is 1380. The number of halogens is 3. The van der Waals surface area contributed by atoms with E-state index in [2.05, 4.69) is 26.6 Å². The third-order valence-electron chi connectivity index (χ3n) is 6.69. The quantitative estimate of drug-likeness (QED) is 0.303. The highest BCUT2D eigenvalue weighted by molar-refractivity contribution is 8.93. The van der Waals surface area contributed by atoms with Crippen molar-refractivity contribution in [2.24, 2.45) is 5.92 Å². The zero-order valence-corrected chi connectivity index (χ0v) is 22.2. The van der Waals surface area contributed by atoms with Gasteiger partial charge in [-0.05, 0) is 62.8 Å². The van der Waals surface area contributed by atoms with E-state index in [0.717, 1.165) is 22.2 Å². The second-order valence-corrected chi connectivity index (χ2v) is 9.60. The van der Waals surface area contributed by atoms with Crippen molar-refractivity contribution < 1.29 is 13.9 Å².